The Bertz CT molecular complexity index is 769. The molecule has 0 aliphatic heterocycles. The van der Waals surface area contributed by atoms with Crippen LogP contribution in [0.3, 0.4) is 0 Å². The largest absolute Gasteiger partial charge is 0.379 e. The number of carbonyl (C=O) groups excluding carboxylic acids is 2. The molecule has 224 valence electrons. The smallest absolute Gasteiger partial charge is 0.0650 e. The topological polar surface area (TPSA) is 61.8 Å². The van der Waals surface area contributed by atoms with Gasteiger partial charge in [-0.05, 0) is 19.8 Å². The average molecular weight is 692 g/mol. The molecule has 0 amide bonds. The molecule has 3 aliphatic carbocycles. The molecule has 5 nitrogen and oxygen atoms in total. The van der Waals surface area contributed by atoms with E-state index in [1.807, 2.05) is 7.11 Å². The van der Waals surface area contributed by atoms with Crippen LogP contribution < -0.4 is 0 Å². The summed E-state index contributed by atoms with van der Waals surface area (Å²) in [6.07, 6.45) is 15.7. The summed E-state index contributed by atoms with van der Waals surface area (Å²) >= 11 is 0.795. The van der Waals surface area contributed by atoms with Crippen LogP contribution in [0.15, 0.2) is 0 Å². The van der Waals surface area contributed by atoms with Crippen LogP contribution in [-0.2, 0) is 23.8 Å². The molecular weight excluding hydrogens is 635 g/mol. The van der Waals surface area contributed by atoms with Crippen LogP contribution in [0.2, 0.25) is -0.117 Å². The first kappa shape index (κ1) is 37.5. The molecule has 7 heteroatoms. The van der Waals surface area contributed by atoms with Crippen molar-refractivity contribution in [1.29, 1.82) is 0 Å². The van der Waals surface area contributed by atoms with Crippen LogP contribution >= 0.6 is 0 Å². The summed E-state index contributed by atoms with van der Waals surface area (Å²) in [5.41, 5.74) is -0.288. The van der Waals surface area contributed by atoms with Crippen molar-refractivity contribution in [2.24, 2.45) is 17.3 Å². The summed E-state index contributed by atoms with van der Waals surface area (Å²) < 4.78 is 18.1. The van der Waals surface area contributed by atoms with Crippen molar-refractivity contribution in [3.63, 3.8) is 0 Å². The Morgan fingerprint density at radius 2 is 1.74 bits per heavy atom. The molecule has 3 fully saturated rings. The minimum atomic E-state index is -0.377. The van der Waals surface area contributed by atoms with Gasteiger partial charge in [-0.2, -0.15) is 0 Å². The Labute approximate surface area is 277 Å². The number of ether oxygens (including phenoxy) is 3. The second-order valence-corrected chi connectivity index (χ2v) is 21.2. The van der Waals surface area contributed by atoms with E-state index in [2.05, 4.69) is 48.5 Å². The number of esters is 1. The van der Waals surface area contributed by atoms with Gasteiger partial charge in [0.05, 0.1) is 5.60 Å². The van der Waals surface area contributed by atoms with Gasteiger partial charge >= 0.3 is 226 Å². The van der Waals surface area contributed by atoms with Crippen LogP contribution in [0.5, 0.6) is 0 Å². The van der Waals surface area contributed by atoms with Gasteiger partial charge in [0.25, 0.3) is 0 Å². The Kier molecular flexibility index (Phi) is 15.9. The van der Waals surface area contributed by atoms with Gasteiger partial charge in [-0.25, -0.2) is 0 Å². The molecule has 2 bridgehead atoms. The number of methoxy groups -OCH3 is 1. The number of hydrogen-bond donors (Lipinski definition) is 0. The predicted octanol–water partition coefficient (Wildman–Crippen LogP) is 7.78. The molecule has 0 aromatic heterocycles. The van der Waals surface area contributed by atoms with Gasteiger partial charge in [0.1, 0.15) is 0 Å². The van der Waals surface area contributed by atoms with Gasteiger partial charge in [-0.15, -0.1) is 0 Å². The minimum absolute atomic E-state index is 0.0873. The molecule has 3 saturated carbocycles. The maximum Gasteiger partial charge on any atom is 0.0650 e. The molecular formula is C32H57KO5Xe. The van der Waals surface area contributed by atoms with E-state index in [0.717, 1.165) is 51.2 Å². The molecule has 0 aromatic rings. The first-order chi connectivity index (χ1) is 18.2. The van der Waals surface area contributed by atoms with Crippen molar-refractivity contribution in [2.45, 2.75) is 155 Å². The van der Waals surface area contributed by atoms with E-state index >= 15 is 0 Å². The van der Waals surface area contributed by atoms with Gasteiger partial charge in [-0.1, -0.05) is 19.3 Å². The van der Waals surface area contributed by atoms with E-state index in [1.165, 1.54) is 38.5 Å². The summed E-state index contributed by atoms with van der Waals surface area (Å²) in [5.74, 6) is 1.23. The maximum absolute atomic E-state index is 13.7. The second-order valence-electron chi connectivity index (χ2n) is 14.6. The van der Waals surface area contributed by atoms with Crippen LogP contribution in [0.4, 0.5) is 0 Å². The molecule has 39 heavy (non-hydrogen) atoms. The maximum atomic E-state index is 13.7. The minimum Gasteiger partial charge on any atom is -0.379 e. The zero-order chi connectivity index (χ0) is 29.4. The Morgan fingerprint density at radius 3 is 2.26 bits per heavy atom. The van der Waals surface area contributed by atoms with Crippen LogP contribution in [0, 0.1) is 44.5 Å². The number of hydrogen-bond acceptors (Lipinski definition) is 5. The Hall–Kier alpha value is 2.27. The number of unbranched alkanes of at least 4 members (excludes halogenated alkanes) is 1. The Balaban J connectivity index is 0.000000499. The summed E-state index contributed by atoms with van der Waals surface area (Å²) in [4.78, 5) is 24.4. The fourth-order valence-corrected chi connectivity index (χ4v) is 15.7. The molecule has 0 radical (unpaired) electrons. The average Bonchev–Trinajstić information content (AvgIpc) is 2.84. The third kappa shape index (κ3) is 11.9. The van der Waals surface area contributed by atoms with E-state index < -0.39 is 0 Å². The molecule has 3 aliphatic rings. The standard InChI is InChI=1S/C24H41O4Xe.C8H16O.K/c1-7-24(29,16-21(3,4)5)20(26)28-23-13-18(2)12-19(15-23)14-22(6,17-23)27-11-9-8-10-25;1-8(9-2)6-4-3-5-7-8;/h10,18-19H,7-9,11-17H2,1-6H3;3-7H2,1-2H3;. The normalized spacial score (nSPS) is 31.9. The summed E-state index contributed by atoms with van der Waals surface area (Å²) in [7, 11) is 1.82. The summed E-state index contributed by atoms with van der Waals surface area (Å²) in [6, 6.07) is 0. The number of fused-ring (bicyclic) bond motifs is 2. The molecule has 0 spiro atoms. The van der Waals surface area contributed by atoms with Crippen LogP contribution in [0.25, 0.3) is 0 Å². The van der Waals surface area contributed by atoms with Gasteiger partial charge in [0.2, 0.25) is 0 Å². The van der Waals surface area contributed by atoms with Gasteiger partial charge in [0.15, 0.2) is 0 Å². The van der Waals surface area contributed by atoms with Gasteiger partial charge < -0.3 is 4.74 Å². The Morgan fingerprint density at radius 1 is 1.08 bits per heavy atom. The number of carbonyl (C=O) groups is 2. The fourth-order valence-electron chi connectivity index (χ4n) is 7.58. The molecule has 0 saturated heterocycles. The molecule has 3 rings (SSSR count). The van der Waals surface area contributed by atoms with E-state index in [9.17, 15) is 9.59 Å². The van der Waals surface area contributed by atoms with Crippen molar-refractivity contribution < 1.29 is 51.1 Å². The third-order valence-electron chi connectivity index (χ3n) is 9.22. The van der Waals surface area contributed by atoms with E-state index in [-0.39, 0.29) is 55.4 Å². The molecule has 0 heterocycles. The van der Waals surface area contributed by atoms with Gasteiger partial charge in [0, 0.05) is 7.11 Å². The van der Waals surface area contributed by atoms with Crippen LogP contribution in [0.1, 0.15) is 138 Å². The molecule has 5 atom stereocenters. The van der Waals surface area contributed by atoms with E-state index in [4.69, 9.17) is 14.2 Å². The monoisotopic (exact) mass is 692 g/mol. The summed E-state index contributed by atoms with van der Waals surface area (Å²) in [5, 5.41) is 0. The van der Waals surface area contributed by atoms with Crippen molar-refractivity contribution >= 4 is 44.9 Å². The fraction of sp³-hybridized carbons (Fsp3) is 0.938. The van der Waals surface area contributed by atoms with Crippen molar-refractivity contribution in [1.82, 2.24) is 0 Å². The first-order valence-electron chi connectivity index (χ1n) is 15.5. The molecule has 0 aromatic carbocycles. The number of rotatable bonds is 11. The van der Waals surface area contributed by atoms with Crippen molar-refractivity contribution in [3.05, 3.63) is 0 Å². The quantitative estimate of drug-likeness (QED) is 0.0959. The second kappa shape index (κ2) is 16.5. The molecule has 5 unspecified atom stereocenters. The number of aldehydes is 1. The van der Waals surface area contributed by atoms with Crippen molar-refractivity contribution in [3.8, 4) is 0 Å². The first-order valence-corrected chi connectivity index (χ1v) is 25.9. The zero-order valence-electron chi connectivity index (χ0n) is 26.7. The van der Waals surface area contributed by atoms with E-state index in [0.29, 0.717) is 57.5 Å². The van der Waals surface area contributed by atoms with E-state index in [1.54, 1.807) is 0 Å². The molecule has 0 N–H and O–H groups in total. The van der Waals surface area contributed by atoms with Crippen molar-refractivity contribution in [2.75, 3.05) is 13.7 Å². The SMILES string of the molecule is CCC(CC(C)(C)C)([Xe][K])C(=O)OC12CC(C)CC(CC(C)(OCCCC=O)C1)C2.COC1(C)CCCCC1. The van der Waals surface area contributed by atoms with Crippen LogP contribution in [-0.4, -0.2) is 75.4 Å². The zero-order valence-corrected chi connectivity index (χ0v) is 31.9. The van der Waals surface area contributed by atoms with Gasteiger partial charge in [-0.3, -0.25) is 0 Å². The third-order valence-corrected chi connectivity index (χ3v) is 19.7. The summed E-state index contributed by atoms with van der Waals surface area (Å²) in [6.45, 7) is 16.2. The predicted molar refractivity (Wildman–Crippen MR) is 156 cm³/mol.